The first kappa shape index (κ1) is 18.7. The number of hydrogen-bond donors (Lipinski definition) is 1. The maximum atomic E-state index is 12.5. The van der Waals surface area contributed by atoms with Gasteiger partial charge in [0.1, 0.15) is 6.04 Å². The smallest absolute Gasteiger partial charge is 0.324 e. The van der Waals surface area contributed by atoms with E-state index in [9.17, 15) is 19.2 Å². The molecule has 0 aliphatic carbocycles. The Bertz CT molecular complexity index is 580. The Morgan fingerprint density at radius 1 is 1.04 bits per heavy atom. The van der Waals surface area contributed by atoms with Crippen LogP contribution in [0.3, 0.4) is 0 Å². The van der Waals surface area contributed by atoms with Crippen LogP contribution in [0.15, 0.2) is 0 Å². The molecule has 1 atom stereocenters. The van der Waals surface area contributed by atoms with Gasteiger partial charge in [-0.3, -0.25) is 19.3 Å². The van der Waals surface area contributed by atoms with Crippen LogP contribution in [0.2, 0.25) is 0 Å². The van der Waals surface area contributed by atoms with Gasteiger partial charge in [0.25, 0.3) is 5.91 Å². The lowest BCUT2D eigenvalue weighted by Gasteiger charge is -2.33. The number of likely N-dealkylation sites (tertiary alicyclic amines) is 2. The molecule has 0 aromatic carbocycles. The van der Waals surface area contributed by atoms with Crippen molar-refractivity contribution in [2.24, 2.45) is 5.92 Å². The minimum Gasteiger partial charge on any atom is -0.343 e. The molecule has 0 saturated carbocycles. The second kappa shape index (κ2) is 8.05. The van der Waals surface area contributed by atoms with Gasteiger partial charge in [-0.25, -0.2) is 4.79 Å². The van der Waals surface area contributed by atoms with Crippen molar-refractivity contribution in [1.29, 1.82) is 0 Å². The Hall–Kier alpha value is -2.12. The largest absolute Gasteiger partial charge is 0.343 e. The van der Waals surface area contributed by atoms with Crippen LogP contribution in [0, 0.1) is 5.92 Å². The van der Waals surface area contributed by atoms with Crippen LogP contribution in [-0.4, -0.2) is 77.2 Å². The number of nitrogens with one attached hydrogen (secondary N) is 1. The summed E-state index contributed by atoms with van der Waals surface area (Å²) in [5, 5.41) is 2.60. The Morgan fingerprint density at radius 2 is 1.69 bits per heavy atom. The maximum absolute atomic E-state index is 12.5. The molecule has 8 heteroatoms. The first-order valence-corrected chi connectivity index (χ1v) is 9.69. The van der Waals surface area contributed by atoms with Gasteiger partial charge >= 0.3 is 6.03 Å². The van der Waals surface area contributed by atoms with Crippen LogP contribution in [0.1, 0.15) is 45.4 Å². The van der Waals surface area contributed by atoms with Gasteiger partial charge in [0, 0.05) is 38.6 Å². The summed E-state index contributed by atoms with van der Waals surface area (Å²) in [6, 6.07) is -1.17. The van der Waals surface area contributed by atoms with E-state index in [1.165, 1.54) is 4.90 Å². The summed E-state index contributed by atoms with van der Waals surface area (Å²) in [5.74, 6) is -0.216. The lowest BCUT2D eigenvalue weighted by molar-refractivity contribution is -0.141. The van der Waals surface area contributed by atoms with Crippen LogP contribution < -0.4 is 5.32 Å². The molecule has 3 aliphatic rings. The normalized spacial score (nSPS) is 24.3. The fourth-order valence-corrected chi connectivity index (χ4v) is 4.03. The molecule has 3 heterocycles. The van der Waals surface area contributed by atoms with E-state index in [1.807, 2.05) is 11.8 Å². The number of imide groups is 1. The summed E-state index contributed by atoms with van der Waals surface area (Å²) in [6.07, 6.45) is 4.20. The Balaban J connectivity index is 1.47. The molecule has 0 bridgehead atoms. The molecule has 0 radical (unpaired) electrons. The minimum atomic E-state index is -0.759. The first-order valence-electron chi connectivity index (χ1n) is 9.69. The highest BCUT2D eigenvalue weighted by molar-refractivity contribution is 6.05. The molecule has 5 amide bonds. The van der Waals surface area contributed by atoms with Crippen LogP contribution >= 0.6 is 0 Å². The van der Waals surface area contributed by atoms with E-state index in [-0.39, 0.29) is 30.1 Å². The SMILES string of the molecule is CCCN1C(=O)NC(CC(=O)N2CCC(C(=O)N3CCCC3)CC2)C1=O. The van der Waals surface area contributed by atoms with E-state index in [4.69, 9.17) is 0 Å². The van der Waals surface area contributed by atoms with Crippen molar-refractivity contribution in [2.45, 2.75) is 51.5 Å². The molecule has 0 aromatic heterocycles. The van der Waals surface area contributed by atoms with Crippen molar-refractivity contribution in [2.75, 3.05) is 32.7 Å². The van der Waals surface area contributed by atoms with E-state index in [0.717, 1.165) is 25.9 Å². The molecule has 144 valence electrons. The van der Waals surface area contributed by atoms with Crippen molar-refractivity contribution in [1.82, 2.24) is 20.0 Å². The molecule has 1 unspecified atom stereocenters. The van der Waals surface area contributed by atoms with Crippen LogP contribution in [-0.2, 0) is 14.4 Å². The van der Waals surface area contributed by atoms with Gasteiger partial charge in [0.05, 0.1) is 6.42 Å². The first-order chi connectivity index (χ1) is 12.5. The summed E-state index contributed by atoms with van der Waals surface area (Å²) in [5.41, 5.74) is 0. The third kappa shape index (κ3) is 3.83. The molecule has 3 rings (SSSR count). The summed E-state index contributed by atoms with van der Waals surface area (Å²) < 4.78 is 0. The lowest BCUT2D eigenvalue weighted by atomic mass is 9.95. The van der Waals surface area contributed by atoms with Crippen LogP contribution in [0.25, 0.3) is 0 Å². The predicted molar refractivity (Wildman–Crippen MR) is 94.1 cm³/mol. The minimum absolute atomic E-state index is 0.00444. The highest BCUT2D eigenvalue weighted by Crippen LogP contribution is 2.23. The summed E-state index contributed by atoms with van der Waals surface area (Å²) >= 11 is 0. The zero-order valence-electron chi connectivity index (χ0n) is 15.4. The fourth-order valence-electron chi connectivity index (χ4n) is 4.03. The van der Waals surface area contributed by atoms with Crippen molar-refractivity contribution >= 4 is 23.8 Å². The molecule has 1 N–H and O–H groups in total. The monoisotopic (exact) mass is 364 g/mol. The molecule has 0 spiro atoms. The van der Waals surface area contributed by atoms with E-state index in [2.05, 4.69) is 5.32 Å². The second-order valence-corrected chi connectivity index (χ2v) is 7.38. The molecular formula is C18H28N4O4. The van der Waals surface area contributed by atoms with Crippen LogP contribution in [0.4, 0.5) is 4.79 Å². The summed E-state index contributed by atoms with van der Waals surface area (Å²) in [7, 11) is 0. The Morgan fingerprint density at radius 3 is 2.31 bits per heavy atom. The number of carbonyl (C=O) groups is 4. The van der Waals surface area contributed by atoms with Gasteiger partial charge in [-0.1, -0.05) is 6.92 Å². The average Bonchev–Trinajstić information content (AvgIpc) is 3.26. The fraction of sp³-hybridized carbons (Fsp3) is 0.778. The standard InChI is InChI=1S/C18H28N4O4/c1-2-7-22-17(25)14(19-18(22)26)12-15(23)20-10-5-13(6-11-20)16(24)21-8-3-4-9-21/h13-14H,2-12H2,1H3,(H,19,26). The van der Waals surface area contributed by atoms with E-state index in [0.29, 0.717) is 38.9 Å². The lowest BCUT2D eigenvalue weighted by Crippen LogP contribution is -2.45. The van der Waals surface area contributed by atoms with Gasteiger partial charge in [0.2, 0.25) is 11.8 Å². The number of amides is 5. The number of rotatable bonds is 5. The Labute approximate surface area is 153 Å². The van der Waals surface area contributed by atoms with Crippen molar-refractivity contribution in [3.8, 4) is 0 Å². The van der Waals surface area contributed by atoms with E-state index in [1.54, 1.807) is 4.90 Å². The number of hydrogen-bond acceptors (Lipinski definition) is 4. The summed E-state index contributed by atoms with van der Waals surface area (Å²) in [6.45, 7) is 5.06. The quantitative estimate of drug-likeness (QED) is 0.722. The van der Waals surface area contributed by atoms with Gasteiger partial charge in [-0.2, -0.15) is 0 Å². The third-order valence-electron chi connectivity index (χ3n) is 5.55. The van der Waals surface area contributed by atoms with E-state index < -0.39 is 12.1 Å². The third-order valence-corrected chi connectivity index (χ3v) is 5.55. The maximum Gasteiger partial charge on any atom is 0.324 e. The van der Waals surface area contributed by atoms with Crippen LogP contribution in [0.5, 0.6) is 0 Å². The van der Waals surface area contributed by atoms with Gasteiger partial charge in [0.15, 0.2) is 0 Å². The molecule has 26 heavy (non-hydrogen) atoms. The highest BCUT2D eigenvalue weighted by atomic mass is 16.2. The zero-order chi connectivity index (χ0) is 18.7. The Kier molecular flexibility index (Phi) is 5.78. The highest BCUT2D eigenvalue weighted by Gasteiger charge is 2.40. The molecular weight excluding hydrogens is 336 g/mol. The summed E-state index contributed by atoms with van der Waals surface area (Å²) in [4.78, 5) is 53.9. The molecule has 3 saturated heterocycles. The molecule has 3 fully saturated rings. The zero-order valence-corrected chi connectivity index (χ0v) is 15.4. The topological polar surface area (TPSA) is 90.0 Å². The van der Waals surface area contributed by atoms with Gasteiger partial charge in [-0.15, -0.1) is 0 Å². The second-order valence-electron chi connectivity index (χ2n) is 7.38. The molecule has 8 nitrogen and oxygen atoms in total. The number of carbonyl (C=O) groups excluding carboxylic acids is 4. The number of urea groups is 1. The average molecular weight is 364 g/mol. The number of piperidine rings is 1. The van der Waals surface area contributed by atoms with Gasteiger partial charge in [-0.05, 0) is 32.1 Å². The van der Waals surface area contributed by atoms with E-state index >= 15 is 0 Å². The van der Waals surface area contributed by atoms with Crippen molar-refractivity contribution < 1.29 is 19.2 Å². The predicted octanol–water partition coefficient (Wildman–Crippen LogP) is 0.568. The van der Waals surface area contributed by atoms with Gasteiger partial charge < -0.3 is 15.1 Å². The number of nitrogens with zero attached hydrogens (tertiary/aromatic N) is 3. The molecule has 0 aromatic rings. The van der Waals surface area contributed by atoms with Crippen molar-refractivity contribution in [3.05, 3.63) is 0 Å². The molecule has 3 aliphatic heterocycles. The van der Waals surface area contributed by atoms with Crippen molar-refractivity contribution in [3.63, 3.8) is 0 Å².